The number of benzene rings is 3. The van der Waals surface area contributed by atoms with Gasteiger partial charge in [-0.15, -0.1) is 0 Å². The molecule has 54 heavy (non-hydrogen) atoms. The molecule has 3 aliphatic rings. The Morgan fingerprint density at radius 2 is 1.46 bits per heavy atom. The van der Waals surface area contributed by atoms with Crippen LogP contribution in [-0.4, -0.2) is 65.0 Å². The topological polar surface area (TPSA) is 157 Å². The first kappa shape index (κ1) is 38.7. The quantitative estimate of drug-likeness (QED) is 0.146. The van der Waals surface area contributed by atoms with Crippen LogP contribution in [-0.2, 0) is 47.9 Å². The van der Waals surface area contributed by atoms with Crippen LogP contribution >= 0.6 is 0 Å². The van der Waals surface area contributed by atoms with E-state index >= 15 is 4.79 Å². The minimum Gasteiger partial charge on any atom is -0.460 e. The van der Waals surface area contributed by atoms with Crippen molar-refractivity contribution < 1.29 is 33.8 Å². The SMILES string of the molecule is CC(C)C[C@@]1(C2=CN[C@@](Cc3ccccc3)(C[C@H](O)[C@@H](CC(=O)OC3CCOC3)Cc3ccccc3)C2=O)NC=C([C@@H](Cc2ccccc2)C(N)=O)C1=O. The molecule has 3 aromatic carbocycles. The average molecular weight is 734 g/mol. The van der Waals surface area contributed by atoms with E-state index in [1.165, 1.54) is 0 Å². The normalized spacial score (nSPS) is 24.0. The van der Waals surface area contributed by atoms with Crippen molar-refractivity contribution in [1.29, 1.82) is 0 Å². The van der Waals surface area contributed by atoms with E-state index in [0.717, 1.165) is 16.7 Å². The lowest BCUT2D eigenvalue weighted by Gasteiger charge is -2.36. The van der Waals surface area contributed by atoms with Crippen LogP contribution in [0.25, 0.3) is 0 Å². The number of carbonyl (C=O) groups is 4. The monoisotopic (exact) mass is 733 g/mol. The fourth-order valence-corrected chi connectivity index (χ4v) is 8.18. The Labute approximate surface area is 317 Å². The Morgan fingerprint density at radius 1 is 0.852 bits per heavy atom. The van der Waals surface area contributed by atoms with Crippen molar-refractivity contribution in [2.24, 2.45) is 23.5 Å². The number of nitrogens with one attached hydrogen (secondary N) is 2. The maximum atomic E-state index is 15.2. The summed E-state index contributed by atoms with van der Waals surface area (Å²) in [6.45, 7) is 4.83. The number of aliphatic hydroxyl groups excluding tert-OH is 1. The molecule has 0 saturated carbocycles. The third-order valence-corrected chi connectivity index (χ3v) is 10.9. The highest BCUT2D eigenvalue weighted by atomic mass is 16.6. The number of esters is 1. The van der Waals surface area contributed by atoms with Crippen LogP contribution in [0.2, 0.25) is 0 Å². The number of hydrogen-bond donors (Lipinski definition) is 4. The van der Waals surface area contributed by atoms with Gasteiger partial charge in [-0.2, -0.15) is 0 Å². The van der Waals surface area contributed by atoms with Crippen molar-refractivity contribution in [2.75, 3.05) is 13.2 Å². The summed E-state index contributed by atoms with van der Waals surface area (Å²) in [6, 6.07) is 28.5. The van der Waals surface area contributed by atoms with Crippen LogP contribution in [0, 0.1) is 17.8 Å². The van der Waals surface area contributed by atoms with Gasteiger partial charge in [-0.1, -0.05) is 105 Å². The van der Waals surface area contributed by atoms with Crippen LogP contribution in [0.3, 0.4) is 0 Å². The maximum Gasteiger partial charge on any atom is 0.306 e. The molecule has 0 aliphatic carbocycles. The summed E-state index contributed by atoms with van der Waals surface area (Å²) in [5.41, 5.74) is 6.24. The van der Waals surface area contributed by atoms with Crippen molar-refractivity contribution in [3.63, 3.8) is 0 Å². The van der Waals surface area contributed by atoms with Gasteiger partial charge in [0.05, 0.1) is 31.7 Å². The smallest absolute Gasteiger partial charge is 0.306 e. The van der Waals surface area contributed by atoms with Gasteiger partial charge in [-0.05, 0) is 47.8 Å². The van der Waals surface area contributed by atoms with E-state index in [1.807, 2.05) is 105 Å². The fourth-order valence-electron chi connectivity index (χ4n) is 8.18. The first-order valence-corrected chi connectivity index (χ1v) is 18.9. The Bertz CT molecular complexity index is 1860. The number of ether oxygens (including phenoxy) is 2. The van der Waals surface area contributed by atoms with Gasteiger partial charge in [0, 0.05) is 42.8 Å². The second-order valence-electron chi connectivity index (χ2n) is 15.4. The number of hydrogen-bond acceptors (Lipinski definition) is 9. The Kier molecular flexibility index (Phi) is 12.1. The first-order chi connectivity index (χ1) is 26.0. The van der Waals surface area contributed by atoms with E-state index in [1.54, 1.807) is 12.4 Å². The number of rotatable bonds is 17. The molecule has 0 spiro atoms. The fraction of sp³-hybridized carbons (Fsp3) is 0.409. The van der Waals surface area contributed by atoms with Gasteiger partial charge >= 0.3 is 5.97 Å². The number of carbonyl (C=O) groups excluding carboxylic acids is 4. The predicted molar refractivity (Wildman–Crippen MR) is 205 cm³/mol. The molecule has 3 heterocycles. The number of primary amides is 1. The highest BCUT2D eigenvalue weighted by molar-refractivity contribution is 6.19. The van der Waals surface area contributed by atoms with Crippen molar-refractivity contribution in [3.8, 4) is 0 Å². The highest BCUT2D eigenvalue weighted by Crippen LogP contribution is 2.42. The van der Waals surface area contributed by atoms with Gasteiger partial charge in [-0.25, -0.2) is 0 Å². The number of ketones is 2. The summed E-state index contributed by atoms with van der Waals surface area (Å²) in [5.74, 6) is -3.26. The molecule has 6 rings (SSSR count). The summed E-state index contributed by atoms with van der Waals surface area (Å²) >= 11 is 0. The third-order valence-electron chi connectivity index (χ3n) is 10.9. The molecular weight excluding hydrogens is 682 g/mol. The van der Waals surface area contributed by atoms with Gasteiger partial charge in [0.15, 0.2) is 11.6 Å². The van der Waals surface area contributed by atoms with Gasteiger partial charge in [0.2, 0.25) is 5.91 Å². The molecule has 5 N–H and O–H groups in total. The summed E-state index contributed by atoms with van der Waals surface area (Å²) in [6.07, 6.45) is 3.38. The second kappa shape index (κ2) is 17.0. The summed E-state index contributed by atoms with van der Waals surface area (Å²) < 4.78 is 11.1. The molecule has 0 aromatic heterocycles. The molecule has 6 atom stereocenters. The zero-order valence-electron chi connectivity index (χ0n) is 31.0. The summed E-state index contributed by atoms with van der Waals surface area (Å²) in [7, 11) is 0. The number of aliphatic hydroxyl groups is 1. The van der Waals surface area contributed by atoms with Gasteiger partial charge < -0.3 is 30.9 Å². The molecule has 10 heteroatoms. The molecule has 1 fully saturated rings. The summed E-state index contributed by atoms with van der Waals surface area (Å²) in [5, 5.41) is 18.8. The first-order valence-electron chi connectivity index (χ1n) is 18.9. The standard InChI is InChI=1S/C44H51N3O7/c1-29(2)23-44(40(50)36(26-47-44)35(42(45)52)21-31-14-8-4-9-15-31)37-27-46-43(41(37)51,24-32-16-10-5-11-17-32)25-38(48)33(20-30-12-6-3-7-13-30)22-39(49)54-34-18-19-53-28-34/h3-17,26-27,29,33-35,38,46-48H,18-25,28H2,1-2H3,(H2,45,52)/t33-,34?,35-,38+,43+,44+/m1/s1. The number of nitrogens with two attached hydrogens (primary N) is 1. The largest absolute Gasteiger partial charge is 0.460 e. The molecule has 3 aliphatic heterocycles. The molecule has 284 valence electrons. The lowest BCUT2D eigenvalue weighted by atomic mass is 9.70. The second-order valence-corrected chi connectivity index (χ2v) is 15.4. The van der Waals surface area contributed by atoms with Crippen molar-refractivity contribution in [3.05, 3.63) is 131 Å². The van der Waals surface area contributed by atoms with E-state index in [-0.39, 0.29) is 66.8 Å². The van der Waals surface area contributed by atoms with Crippen LogP contribution in [0.4, 0.5) is 0 Å². The van der Waals surface area contributed by atoms with Crippen molar-refractivity contribution >= 4 is 23.4 Å². The molecular formula is C44H51N3O7. The zero-order valence-corrected chi connectivity index (χ0v) is 31.0. The molecule has 1 amide bonds. The van der Waals surface area contributed by atoms with E-state index < -0.39 is 40.9 Å². The Hall–Kier alpha value is -5.06. The zero-order chi connectivity index (χ0) is 38.3. The van der Waals surface area contributed by atoms with Crippen LogP contribution in [0.5, 0.6) is 0 Å². The molecule has 10 nitrogen and oxygen atoms in total. The highest BCUT2D eigenvalue weighted by Gasteiger charge is 2.57. The van der Waals surface area contributed by atoms with Crippen molar-refractivity contribution in [2.45, 2.75) is 82.1 Å². The summed E-state index contributed by atoms with van der Waals surface area (Å²) in [4.78, 5) is 56.1. The predicted octanol–water partition coefficient (Wildman–Crippen LogP) is 4.54. The van der Waals surface area contributed by atoms with E-state index in [9.17, 15) is 19.5 Å². The Morgan fingerprint density at radius 3 is 2.04 bits per heavy atom. The van der Waals surface area contributed by atoms with Crippen molar-refractivity contribution in [1.82, 2.24) is 10.6 Å². The Balaban J connectivity index is 1.31. The van der Waals surface area contributed by atoms with Crippen LogP contribution in [0.1, 0.15) is 56.2 Å². The average Bonchev–Trinajstić information content (AvgIpc) is 3.86. The molecule has 3 aromatic rings. The van der Waals surface area contributed by atoms with Crippen LogP contribution in [0.15, 0.2) is 115 Å². The van der Waals surface area contributed by atoms with Gasteiger partial charge in [0.1, 0.15) is 17.2 Å². The lowest BCUT2D eigenvalue weighted by Crippen LogP contribution is -2.56. The minimum absolute atomic E-state index is 0.0229. The molecule has 1 saturated heterocycles. The number of Topliss-reactive ketones (excluding diaryl/α,β-unsaturated/α-hetero) is 2. The van der Waals surface area contributed by atoms with E-state index in [2.05, 4.69) is 10.6 Å². The molecule has 1 unspecified atom stereocenters. The number of amides is 1. The van der Waals surface area contributed by atoms with E-state index in [4.69, 9.17) is 15.2 Å². The third kappa shape index (κ3) is 8.66. The van der Waals surface area contributed by atoms with Crippen LogP contribution < -0.4 is 16.4 Å². The minimum atomic E-state index is -1.46. The van der Waals surface area contributed by atoms with E-state index in [0.29, 0.717) is 26.1 Å². The van der Waals surface area contributed by atoms with Gasteiger partial charge in [0.25, 0.3) is 0 Å². The molecule has 0 radical (unpaired) electrons. The lowest BCUT2D eigenvalue weighted by molar-refractivity contribution is -0.151. The molecule has 0 bridgehead atoms. The maximum absolute atomic E-state index is 15.2. The van der Waals surface area contributed by atoms with Gasteiger partial charge in [-0.3, -0.25) is 19.2 Å².